The molecule has 31 heavy (non-hydrogen) atoms. The number of ether oxygens (including phenoxy) is 1. The lowest BCUT2D eigenvalue weighted by molar-refractivity contribution is -0.137. The summed E-state index contributed by atoms with van der Waals surface area (Å²) in [7, 11) is 0. The van der Waals surface area contributed by atoms with Crippen molar-refractivity contribution in [1.29, 1.82) is 0 Å². The number of anilines is 4. The maximum absolute atomic E-state index is 13.5. The lowest BCUT2D eigenvalue weighted by Gasteiger charge is -2.17. The fourth-order valence-corrected chi connectivity index (χ4v) is 3.05. The van der Waals surface area contributed by atoms with Crippen molar-refractivity contribution in [2.75, 3.05) is 17.2 Å². The Kier molecular flexibility index (Phi) is 6.99. The normalized spacial score (nSPS) is 11.5. The maximum Gasteiger partial charge on any atom is 0.421 e. The molecule has 0 amide bonds. The smallest absolute Gasteiger partial charge is 0.421 e. The first kappa shape index (κ1) is 22.4. The number of nitrogens with zero attached hydrogens (tertiary/aromatic N) is 2. The van der Waals surface area contributed by atoms with Crippen LogP contribution in [0.15, 0.2) is 54.7 Å². The van der Waals surface area contributed by atoms with Crippen molar-refractivity contribution in [2.24, 2.45) is 5.92 Å². The summed E-state index contributed by atoms with van der Waals surface area (Å²) in [6, 6.07) is 14.4. The first-order valence-electron chi connectivity index (χ1n) is 10.0. The molecular formula is C23H25F3N4O. The van der Waals surface area contributed by atoms with Gasteiger partial charge in [0.25, 0.3) is 0 Å². The van der Waals surface area contributed by atoms with Crippen molar-refractivity contribution in [3.05, 3.63) is 65.9 Å². The predicted octanol–water partition coefficient (Wildman–Crippen LogP) is 6.58. The first-order valence-corrected chi connectivity index (χ1v) is 10.0. The summed E-state index contributed by atoms with van der Waals surface area (Å²) in [5, 5.41) is 5.72. The van der Waals surface area contributed by atoms with Crippen LogP contribution in [-0.2, 0) is 12.6 Å². The van der Waals surface area contributed by atoms with E-state index in [1.807, 2.05) is 24.3 Å². The highest BCUT2D eigenvalue weighted by atomic mass is 19.4. The average molecular weight is 430 g/mol. The summed E-state index contributed by atoms with van der Waals surface area (Å²) in [6.45, 7) is 6.46. The van der Waals surface area contributed by atoms with Crippen LogP contribution in [0.25, 0.3) is 0 Å². The molecule has 0 saturated heterocycles. The fourth-order valence-electron chi connectivity index (χ4n) is 3.05. The van der Waals surface area contributed by atoms with Crippen LogP contribution in [0.3, 0.4) is 0 Å². The van der Waals surface area contributed by atoms with Crippen LogP contribution in [0, 0.1) is 5.92 Å². The van der Waals surface area contributed by atoms with Gasteiger partial charge in [-0.15, -0.1) is 0 Å². The van der Waals surface area contributed by atoms with Crippen molar-refractivity contribution in [3.8, 4) is 5.75 Å². The molecule has 2 N–H and O–H groups in total. The number of para-hydroxylation sites is 2. The number of halogens is 3. The molecule has 0 fully saturated rings. The van der Waals surface area contributed by atoms with Gasteiger partial charge in [0.2, 0.25) is 5.95 Å². The van der Waals surface area contributed by atoms with Gasteiger partial charge in [0.1, 0.15) is 17.1 Å². The Labute approximate surface area is 179 Å². The molecule has 1 heterocycles. The Hall–Kier alpha value is -3.29. The number of hydrogen-bond acceptors (Lipinski definition) is 5. The van der Waals surface area contributed by atoms with Crippen molar-refractivity contribution >= 4 is 23.1 Å². The minimum Gasteiger partial charge on any atom is -0.492 e. The molecule has 8 heteroatoms. The fraction of sp³-hybridized carbons (Fsp3) is 0.304. The molecule has 5 nitrogen and oxygen atoms in total. The van der Waals surface area contributed by atoms with Gasteiger partial charge < -0.3 is 15.4 Å². The van der Waals surface area contributed by atoms with Gasteiger partial charge in [0.05, 0.1) is 12.3 Å². The van der Waals surface area contributed by atoms with E-state index in [1.54, 1.807) is 31.2 Å². The second-order valence-electron chi connectivity index (χ2n) is 7.43. The van der Waals surface area contributed by atoms with Crippen LogP contribution >= 0.6 is 0 Å². The second-order valence-corrected chi connectivity index (χ2v) is 7.43. The van der Waals surface area contributed by atoms with E-state index in [0.717, 1.165) is 12.6 Å². The van der Waals surface area contributed by atoms with Crippen LogP contribution in [0.4, 0.5) is 36.3 Å². The van der Waals surface area contributed by atoms with E-state index < -0.39 is 11.7 Å². The second kappa shape index (κ2) is 9.68. The van der Waals surface area contributed by atoms with Crippen LogP contribution in [0.2, 0.25) is 0 Å². The van der Waals surface area contributed by atoms with E-state index in [0.29, 0.717) is 29.6 Å². The van der Waals surface area contributed by atoms with Crippen LogP contribution in [0.5, 0.6) is 5.75 Å². The molecule has 0 aliphatic heterocycles. The Morgan fingerprint density at radius 2 is 1.71 bits per heavy atom. The Morgan fingerprint density at radius 3 is 2.35 bits per heavy atom. The van der Waals surface area contributed by atoms with E-state index in [9.17, 15) is 13.2 Å². The monoisotopic (exact) mass is 430 g/mol. The van der Waals surface area contributed by atoms with Gasteiger partial charge >= 0.3 is 6.18 Å². The van der Waals surface area contributed by atoms with Gasteiger partial charge in [0.15, 0.2) is 0 Å². The number of hydrogen-bond donors (Lipinski definition) is 2. The molecule has 0 radical (unpaired) electrons. The minimum absolute atomic E-state index is 0.0565. The Morgan fingerprint density at radius 1 is 1.00 bits per heavy atom. The first-order chi connectivity index (χ1) is 14.8. The van der Waals surface area contributed by atoms with Gasteiger partial charge in [-0.3, -0.25) is 0 Å². The number of aromatic nitrogens is 2. The molecule has 3 aromatic rings. The van der Waals surface area contributed by atoms with E-state index in [2.05, 4.69) is 34.4 Å². The summed E-state index contributed by atoms with van der Waals surface area (Å²) >= 11 is 0. The zero-order valence-electron chi connectivity index (χ0n) is 17.6. The molecule has 1 aromatic heterocycles. The van der Waals surface area contributed by atoms with Gasteiger partial charge in [-0.1, -0.05) is 38.1 Å². The topological polar surface area (TPSA) is 59.1 Å². The largest absolute Gasteiger partial charge is 0.492 e. The molecule has 0 spiro atoms. The SMILES string of the molecule is CCOc1ccccc1Nc1nc(Nc2ccc(CC(C)C)cc2)ncc1C(F)(F)F. The standard InChI is InChI=1S/C23H25F3N4O/c1-4-31-20-8-6-5-7-19(20)29-21-18(23(24,25)26)14-27-22(30-21)28-17-11-9-16(10-12-17)13-15(2)3/h5-12,14-15H,4,13H2,1-3H3,(H2,27,28,29,30). The molecule has 164 valence electrons. The Bertz CT molecular complexity index is 1000. The predicted molar refractivity (Wildman–Crippen MR) is 116 cm³/mol. The number of nitrogens with one attached hydrogen (secondary N) is 2. The van der Waals surface area contributed by atoms with Gasteiger partial charge in [0, 0.05) is 11.9 Å². The lowest BCUT2D eigenvalue weighted by atomic mass is 10.0. The van der Waals surface area contributed by atoms with E-state index >= 15 is 0 Å². The molecule has 0 aliphatic carbocycles. The lowest BCUT2D eigenvalue weighted by Crippen LogP contribution is -2.13. The third-order valence-corrected chi connectivity index (χ3v) is 4.39. The van der Waals surface area contributed by atoms with E-state index in [-0.39, 0.29) is 11.8 Å². The zero-order chi connectivity index (χ0) is 22.4. The number of alkyl halides is 3. The molecule has 3 rings (SSSR count). The summed E-state index contributed by atoms with van der Waals surface area (Å²) in [4.78, 5) is 7.95. The molecule has 0 saturated carbocycles. The Balaban J connectivity index is 1.89. The molecule has 0 bridgehead atoms. The van der Waals surface area contributed by atoms with Crippen molar-refractivity contribution < 1.29 is 17.9 Å². The quantitative estimate of drug-likeness (QED) is 0.423. The highest BCUT2D eigenvalue weighted by Gasteiger charge is 2.35. The van der Waals surface area contributed by atoms with Crippen LogP contribution < -0.4 is 15.4 Å². The molecule has 0 atom stereocenters. The van der Waals surface area contributed by atoms with Crippen molar-refractivity contribution in [1.82, 2.24) is 9.97 Å². The summed E-state index contributed by atoms with van der Waals surface area (Å²) in [5.74, 6) is 0.673. The number of benzene rings is 2. The maximum atomic E-state index is 13.5. The number of rotatable bonds is 8. The minimum atomic E-state index is -4.61. The molecule has 2 aromatic carbocycles. The molecule has 0 aliphatic rings. The summed E-state index contributed by atoms with van der Waals surface area (Å²) < 4.78 is 46.1. The zero-order valence-corrected chi connectivity index (χ0v) is 17.6. The highest BCUT2D eigenvalue weighted by molar-refractivity contribution is 5.67. The van der Waals surface area contributed by atoms with E-state index in [1.165, 1.54) is 5.56 Å². The van der Waals surface area contributed by atoms with Gasteiger partial charge in [-0.05, 0) is 49.1 Å². The van der Waals surface area contributed by atoms with Crippen LogP contribution in [0.1, 0.15) is 31.9 Å². The molecule has 0 unspecified atom stereocenters. The summed E-state index contributed by atoms with van der Waals surface area (Å²) in [5.41, 5.74) is 1.30. The van der Waals surface area contributed by atoms with Crippen molar-refractivity contribution in [3.63, 3.8) is 0 Å². The van der Waals surface area contributed by atoms with Crippen molar-refractivity contribution in [2.45, 2.75) is 33.4 Å². The average Bonchev–Trinajstić information content (AvgIpc) is 2.70. The third kappa shape index (κ3) is 6.10. The highest BCUT2D eigenvalue weighted by Crippen LogP contribution is 2.37. The van der Waals surface area contributed by atoms with Crippen LogP contribution in [-0.4, -0.2) is 16.6 Å². The summed E-state index contributed by atoms with van der Waals surface area (Å²) in [6.07, 6.45) is -2.89. The molecular weight excluding hydrogens is 405 g/mol. The van der Waals surface area contributed by atoms with Gasteiger partial charge in [-0.2, -0.15) is 18.2 Å². The van der Waals surface area contributed by atoms with Gasteiger partial charge in [-0.25, -0.2) is 4.98 Å². The van der Waals surface area contributed by atoms with E-state index in [4.69, 9.17) is 4.74 Å². The third-order valence-electron chi connectivity index (χ3n) is 4.39.